The molecule has 3 aromatic rings. The lowest BCUT2D eigenvalue weighted by atomic mass is 10.1. The van der Waals surface area contributed by atoms with Crippen LogP contribution < -0.4 is 5.32 Å². The molecule has 0 aliphatic rings. The van der Waals surface area contributed by atoms with Crippen LogP contribution in [0.1, 0.15) is 35.8 Å². The van der Waals surface area contributed by atoms with Crippen molar-refractivity contribution < 1.29 is 9.72 Å². The summed E-state index contributed by atoms with van der Waals surface area (Å²) < 4.78 is 1.43. The van der Waals surface area contributed by atoms with Gasteiger partial charge in [-0.15, -0.1) is 10.2 Å². The van der Waals surface area contributed by atoms with Gasteiger partial charge in [0.1, 0.15) is 0 Å². The van der Waals surface area contributed by atoms with Crippen molar-refractivity contribution in [3.63, 3.8) is 0 Å². The fraction of sp³-hybridized carbons (Fsp3) is 0.250. The molecule has 1 amide bonds. The van der Waals surface area contributed by atoms with Crippen LogP contribution in [0.4, 0.5) is 11.5 Å². The largest absolute Gasteiger partial charge is 0.305 e. The fourth-order valence-electron chi connectivity index (χ4n) is 2.20. The van der Waals surface area contributed by atoms with Crippen LogP contribution in [0, 0.1) is 10.1 Å². The molecule has 0 saturated heterocycles. The van der Waals surface area contributed by atoms with Crippen molar-refractivity contribution in [1.29, 1.82) is 0 Å². The number of hydrogen-bond donors (Lipinski definition) is 1. The molecule has 0 saturated carbocycles. The van der Waals surface area contributed by atoms with Gasteiger partial charge < -0.3 is 5.32 Å². The van der Waals surface area contributed by atoms with E-state index >= 15 is 0 Å². The molecule has 0 radical (unpaired) electrons. The number of amides is 1. The SMILES string of the molecule is CC(C)c1ccc(NC(=O)c2cc([N+](=O)[O-])ccc2Sc2nnnn2C)nn1. The number of hydrogen-bond acceptors (Lipinski definition) is 9. The molecule has 2 aromatic heterocycles. The quantitative estimate of drug-likeness (QED) is 0.487. The lowest BCUT2D eigenvalue weighted by Crippen LogP contribution is -2.15. The Kier molecular flexibility index (Phi) is 5.59. The van der Waals surface area contributed by atoms with Crippen LogP contribution in [0.15, 0.2) is 40.4 Å². The number of aryl methyl sites for hydroxylation is 1. The number of nitro benzene ring substituents is 1. The second-order valence-electron chi connectivity index (χ2n) is 6.08. The first-order chi connectivity index (χ1) is 13.3. The van der Waals surface area contributed by atoms with Crippen molar-refractivity contribution in [2.45, 2.75) is 29.8 Å². The fourth-order valence-corrected chi connectivity index (χ4v) is 3.05. The van der Waals surface area contributed by atoms with E-state index in [2.05, 4.69) is 31.0 Å². The first-order valence-corrected chi connectivity index (χ1v) is 9.00. The number of benzene rings is 1. The van der Waals surface area contributed by atoms with Gasteiger partial charge in [0.25, 0.3) is 11.6 Å². The van der Waals surface area contributed by atoms with Gasteiger partial charge in [0, 0.05) is 24.1 Å². The average molecular weight is 400 g/mol. The molecule has 28 heavy (non-hydrogen) atoms. The zero-order chi connectivity index (χ0) is 20.3. The Morgan fingerprint density at radius 2 is 2.00 bits per heavy atom. The standard InChI is InChI=1S/C16H16N8O3S/c1-9(2)12-5-7-14(19-18-12)17-15(25)11-8-10(24(26)27)4-6-13(11)28-16-20-21-22-23(16)3/h4-9H,1-3H3,(H,17,19,25). The highest BCUT2D eigenvalue weighted by Crippen LogP contribution is 2.31. The third-order valence-electron chi connectivity index (χ3n) is 3.72. The van der Waals surface area contributed by atoms with E-state index in [1.807, 2.05) is 13.8 Å². The maximum Gasteiger partial charge on any atom is 0.270 e. The van der Waals surface area contributed by atoms with Crippen molar-refractivity contribution in [2.24, 2.45) is 7.05 Å². The molecule has 144 valence electrons. The topological polar surface area (TPSA) is 142 Å². The molecule has 0 bridgehead atoms. The summed E-state index contributed by atoms with van der Waals surface area (Å²) in [5, 5.41) is 33.3. The molecular formula is C16H16N8O3S. The first-order valence-electron chi connectivity index (χ1n) is 8.18. The molecule has 12 heteroatoms. The zero-order valence-electron chi connectivity index (χ0n) is 15.2. The van der Waals surface area contributed by atoms with Crippen LogP contribution in [0.2, 0.25) is 0 Å². The van der Waals surface area contributed by atoms with Gasteiger partial charge in [0.05, 0.1) is 16.2 Å². The molecule has 11 nitrogen and oxygen atoms in total. The highest BCUT2D eigenvalue weighted by atomic mass is 32.2. The van der Waals surface area contributed by atoms with Gasteiger partial charge in [-0.25, -0.2) is 4.68 Å². The van der Waals surface area contributed by atoms with Crippen molar-refractivity contribution in [1.82, 2.24) is 30.4 Å². The Morgan fingerprint density at radius 1 is 1.21 bits per heavy atom. The van der Waals surface area contributed by atoms with Gasteiger partial charge in [0.15, 0.2) is 5.82 Å². The van der Waals surface area contributed by atoms with Gasteiger partial charge >= 0.3 is 0 Å². The van der Waals surface area contributed by atoms with E-state index in [-0.39, 0.29) is 23.0 Å². The third kappa shape index (κ3) is 4.28. The van der Waals surface area contributed by atoms with Gasteiger partial charge in [-0.05, 0) is 46.3 Å². The van der Waals surface area contributed by atoms with Crippen LogP contribution in [-0.2, 0) is 7.05 Å². The second-order valence-corrected chi connectivity index (χ2v) is 7.09. The summed E-state index contributed by atoms with van der Waals surface area (Å²) in [7, 11) is 1.65. The summed E-state index contributed by atoms with van der Waals surface area (Å²) in [6, 6.07) is 7.41. The molecule has 1 N–H and O–H groups in total. The molecule has 0 aliphatic heterocycles. The average Bonchev–Trinajstić information content (AvgIpc) is 3.07. The number of non-ortho nitro benzene ring substituents is 1. The van der Waals surface area contributed by atoms with Crippen LogP contribution in [0.25, 0.3) is 0 Å². The molecule has 0 fully saturated rings. The van der Waals surface area contributed by atoms with E-state index in [1.54, 1.807) is 19.2 Å². The lowest BCUT2D eigenvalue weighted by Gasteiger charge is -2.09. The minimum atomic E-state index is -0.563. The van der Waals surface area contributed by atoms with Gasteiger partial charge in [0.2, 0.25) is 5.16 Å². The smallest absolute Gasteiger partial charge is 0.270 e. The highest BCUT2D eigenvalue weighted by Gasteiger charge is 2.20. The normalized spacial score (nSPS) is 10.9. The summed E-state index contributed by atoms with van der Waals surface area (Å²) in [6.45, 7) is 3.96. The molecule has 2 heterocycles. The van der Waals surface area contributed by atoms with Crippen molar-refractivity contribution in [3.05, 3.63) is 51.7 Å². The van der Waals surface area contributed by atoms with Crippen molar-refractivity contribution >= 4 is 29.2 Å². The number of rotatable bonds is 6. The number of nitro groups is 1. The number of nitrogens with zero attached hydrogens (tertiary/aromatic N) is 7. The molecule has 0 unspecified atom stereocenters. The van der Waals surface area contributed by atoms with Gasteiger partial charge in [-0.2, -0.15) is 5.10 Å². The van der Waals surface area contributed by atoms with E-state index in [0.29, 0.717) is 10.1 Å². The van der Waals surface area contributed by atoms with E-state index in [0.717, 1.165) is 17.5 Å². The second kappa shape index (κ2) is 8.08. The predicted molar refractivity (Wildman–Crippen MR) is 100 cm³/mol. The van der Waals surface area contributed by atoms with Gasteiger partial charge in [-0.1, -0.05) is 13.8 Å². The van der Waals surface area contributed by atoms with E-state index < -0.39 is 10.8 Å². The zero-order valence-corrected chi connectivity index (χ0v) is 16.0. The Bertz CT molecular complexity index is 1020. The Labute approximate surface area is 163 Å². The third-order valence-corrected chi connectivity index (χ3v) is 4.82. The predicted octanol–water partition coefficient (Wildman–Crippen LogP) is 2.44. The van der Waals surface area contributed by atoms with Crippen molar-refractivity contribution in [2.75, 3.05) is 5.32 Å². The number of aromatic nitrogens is 6. The summed E-state index contributed by atoms with van der Waals surface area (Å²) in [5.74, 6) is -0.0952. The van der Waals surface area contributed by atoms with Crippen LogP contribution in [-0.4, -0.2) is 41.2 Å². The minimum absolute atomic E-state index is 0.108. The maximum absolute atomic E-state index is 12.8. The Balaban J connectivity index is 1.90. The van der Waals surface area contributed by atoms with Crippen LogP contribution >= 0.6 is 11.8 Å². The van der Waals surface area contributed by atoms with Crippen LogP contribution in [0.3, 0.4) is 0 Å². The van der Waals surface area contributed by atoms with Gasteiger partial charge in [-0.3, -0.25) is 14.9 Å². The number of nitrogens with one attached hydrogen (secondary N) is 1. The summed E-state index contributed by atoms with van der Waals surface area (Å²) in [5.41, 5.74) is 0.697. The van der Waals surface area contributed by atoms with E-state index in [1.165, 1.54) is 22.9 Å². The summed E-state index contributed by atoms with van der Waals surface area (Å²) in [4.78, 5) is 23.8. The minimum Gasteiger partial charge on any atom is -0.305 e. The molecule has 0 aliphatic carbocycles. The Morgan fingerprint density at radius 3 is 2.57 bits per heavy atom. The Hall–Kier alpha value is -3.41. The first kappa shape index (κ1) is 19.4. The molecular weight excluding hydrogens is 384 g/mol. The van der Waals surface area contributed by atoms with E-state index in [4.69, 9.17) is 0 Å². The number of carbonyl (C=O) groups excluding carboxylic acids is 1. The molecule has 3 rings (SSSR count). The highest BCUT2D eigenvalue weighted by molar-refractivity contribution is 7.99. The van der Waals surface area contributed by atoms with Crippen LogP contribution in [0.5, 0.6) is 0 Å². The van der Waals surface area contributed by atoms with Crippen molar-refractivity contribution in [3.8, 4) is 0 Å². The number of carbonyl (C=O) groups is 1. The lowest BCUT2D eigenvalue weighted by molar-refractivity contribution is -0.384. The molecule has 0 atom stereocenters. The summed E-state index contributed by atoms with van der Waals surface area (Å²) in [6.07, 6.45) is 0. The molecule has 1 aromatic carbocycles. The number of tetrazole rings is 1. The monoisotopic (exact) mass is 400 g/mol. The number of anilines is 1. The van der Waals surface area contributed by atoms with E-state index in [9.17, 15) is 14.9 Å². The summed E-state index contributed by atoms with van der Waals surface area (Å²) >= 11 is 1.12. The maximum atomic E-state index is 12.8. The molecule has 0 spiro atoms.